The zero-order chi connectivity index (χ0) is 39.9. The first-order valence-corrected chi connectivity index (χ1v) is 17.6. The Balaban J connectivity index is 1.88. The van der Waals surface area contributed by atoms with E-state index in [9.17, 15) is 47.4 Å². The van der Waals surface area contributed by atoms with Crippen LogP contribution in [0.5, 0.6) is 17.2 Å². The number of benzene rings is 3. The predicted molar refractivity (Wildman–Crippen MR) is 181 cm³/mol. The van der Waals surface area contributed by atoms with Crippen LogP contribution in [0.25, 0.3) is 0 Å². The maximum Gasteiger partial charge on any atom is 0.490 e. The molecule has 21 heteroatoms. The normalized spacial score (nSPS) is 13.5. The van der Waals surface area contributed by atoms with Gasteiger partial charge in [-0.05, 0) is 71.8 Å². The number of hydrogen-bond donors (Lipinski definition) is 3. The number of anilines is 1. The Bertz CT molecular complexity index is 1800. The third-order valence-electron chi connectivity index (χ3n) is 6.35. The number of hydrogen-bond acceptors (Lipinski definition) is 14. The number of carboxylic acids is 2. The van der Waals surface area contributed by atoms with Crippen molar-refractivity contribution in [2.75, 3.05) is 11.9 Å². The molecule has 2 atom stereocenters. The maximum absolute atomic E-state index is 12.4. The molecule has 0 aliphatic heterocycles. The summed E-state index contributed by atoms with van der Waals surface area (Å²) in [6.07, 6.45) is -6.51. The lowest BCUT2D eigenvalue weighted by Crippen LogP contribution is -2.23. The van der Waals surface area contributed by atoms with E-state index in [1.807, 2.05) is 0 Å². The fourth-order valence-corrected chi connectivity index (χ4v) is 6.22. The number of carboxylic acid groups (broad SMARTS) is 2. The Kier molecular flexibility index (Phi) is 15.2. The highest BCUT2D eigenvalue weighted by atomic mass is 32.5. The van der Waals surface area contributed by atoms with Crippen molar-refractivity contribution in [2.24, 2.45) is 11.5 Å². The van der Waals surface area contributed by atoms with Gasteiger partial charge in [0, 0.05) is 30.3 Å². The molecule has 0 saturated carbocycles. The van der Waals surface area contributed by atoms with Crippen molar-refractivity contribution in [2.45, 2.75) is 31.2 Å². The van der Waals surface area contributed by atoms with E-state index >= 15 is 0 Å². The minimum atomic E-state index is -4.72. The first kappa shape index (κ1) is 42.1. The van der Waals surface area contributed by atoms with Crippen LogP contribution in [-0.2, 0) is 35.6 Å². The average molecular weight is 796 g/mol. The number of ether oxygens (including phenoxy) is 3. The number of rotatable bonds is 18. The highest BCUT2D eigenvalue weighted by Crippen LogP contribution is 2.50. The minimum Gasteiger partial charge on any atom is -0.545 e. The molecule has 16 nitrogen and oxygen atoms in total. The van der Waals surface area contributed by atoms with Crippen molar-refractivity contribution in [3.8, 4) is 17.2 Å². The van der Waals surface area contributed by atoms with Gasteiger partial charge in [-0.15, -0.1) is 0 Å². The molecular formula is C33H29F3N3O13PS-2. The summed E-state index contributed by atoms with van der Waals surface area (Å²) in [6.45, 7) is -5.71. The van der Waals surface area contributed by atoms with Crippen LogP contribution in [0, 0.1) is 0 Å². The summed E-state index contributed by atoms with van der Waals surface area (Å²) in [7, 11) is 0. The van der Waals surface area contributed by atoms with Crippen LogP contribution in [0.15, 0.2) is 97.1 Å². The van der Waals surface area contributed by atoms with Gasteiger partial charge in [0.1, 0.15) is 29.5 Å². The quantitative estimate of drug-likeness (QED) is 0.0926. The van der Waals surface area contributed by atoms with Crippen molar-refractivity contribution < 1.29 is 75.1 Å². The van der Waals surface area contributed by atoms with Crippen LogP contribution in [0.3, 0.4) is 0 Å². The fraction of sp³-hybridized carbons (Fsp3) is 0.182. The molecule has 0 fully saturated rings. The highest BCUT2D eigenvalue weighted by Gasteiger charge is 2.30. The lowest BCUT2D eigenvalue weighted by Gasteiger charge is -2.24. The third-order valence-corrected chi connectivity index (χ3v) is 8.32. The number of nitrogens with two attached hydrogens (primary N) is 2. The van der Waals surface area contributed by atoms with Crippen molar-refractivity contribution >= 4 is 54.4 Å². The van der Waals surface area contributed by atoms with Gasteiger partial charge in [-0.2, -0.15) is 13.2 Å². The summed E-state index contributed by atoms with van der Waals surface area (Å²) in [5.74, 6) is -2.72. The second-order valence-corrected chi connectivity index (χ2v) is 13.2. The third kappa shape index (κ3) is 15.5. The summed E-state index contributed by atoms with van der Waals surface area (Å²) in [5.41, 5.74) is 11.1. The summed E-state index contributed by atoms with van der Waals surface area (Å²) in [4.78, 5) is 56.2. The van der Waals surface area contributed by atoms with Gasteiger partial charge in [0.2, 0.25) is 0 Å². The number of amides is 3. The molecule has 0 aromatic heterocycles. The molecule has 0 radical (unpaired) electrons. The molecule has 0 saturated heterocycles. The van der Waals surface area contributed by atoms with Gasteiger partial charge in [0.25, 0.3) is 0 Å². The van der Waals surface area contributed by atoms with Crippen molar-refractivity contribution in [1.82, 2.24) is 0 Å². The molecule has 3 amide bonds. The average Bonchev–Trinajstić information content (AvgIpc) is 3.07. The van der Waals surface area contributed by atoms with Crippen LogP contribution in [-0.4, -0.2) is 43.0 Å². The number of primary amides is 2. The monoisotopic (exact) mass is 795 g/mol. The number of carbonyl (C=O) groups is 5. The van der Waals surface area contributed by atoms with Gasteiger partial charge >= 0.3 is 31.2 Å². The summed E-state index contributed by atoms with van der Waals surface area (Å²) in [5, 5.41) is 23.6. The number of alkyl halides is 3. The Morgan fingerprint density at radius 3 is 1.41 bits per heavy atom. The first-order chi connectivity index (χ1) is 25.4. The summed E-state index contributed by atoms with van der Waals surface area (Å²) < 4.78 is 69.3. The zero-order valence-electron chi connectivity index (χ0n) is 27.5. The largest absolute Gasteiger partial charge is 0.545 e. The van der Waals surface area contributed by atoms with E-state index in [1.54, 1.807) is 0 Å². The lowest BCUT2D eigenvalue weighted by molar-refractivity contribution is -0.298. The molecule has 0 aliphatic carbocycles. The molecule has 3 aromatic rings. The molecule has 0 spiro atoms. The SMILES string of the molecule is NC(=O)OC(CC=CC(=O)[O-])c1ccc(OP(=S)(Oc2ccc(NC(=O)OCC(F)(F)F)cc2)Oc2ccc(C(CC=CC(=O)[O-])OC(N)=O)cc2)cc1. The zero-order valence-corrected chi connectivity index (χ0v) is 29.2. The fourth-order valence-electron chi connectivity index (χ4n) is 4.19. The topological polar surface area (TPSA) is 251 Å². The minimum absolute atomic E-state index is 0.0324. The molecule has 0 bridgehead atoms. The standard InChI is InChI=1S/C33H31F3N3O13PS/c34-33(35,36)19-47-32(46)39-22-11-17-25(18-12-22)52-53(54,50-23-13-7-20(8-14-23)26(48-30(37)44)3-1-5-28(40)41)51-24-15-9-21(10-16-24)27(49-31(38)45)4-2-6-29(42)43/h1-2,5-18,26-27H,3-4,19H2,(H2,37,44)(H2,38,45)(H,39,46)(H,40,41)(H,42,43)/p-2. The number of halogens is 3. The smallest absolute Gasteiger partial charge is 0.490 e. The summed E-state index contributed by atoms with van der Waals surface area (Å²) >= 11 is 5.70. The number of aliphatic carboxylic acids is 2. The van der Waals surface area contributed by atoms with Crippen LogP contribution >= 0.6 is 6.72 Å². The summed E-state index contributed by atoms with van der Waals surface area (Å²) in [6, 6.07) is 16.7. The molecule has 3 rings (SSSR count). The maximum atomic E-state index is 12.4. The molecule has 0 aliphatic rings. The van der Waals surface area contributed by atoms with E-state index in [0.29, 0.717) is 11.1 Å². The van der Waals surface area contributed by atoms with Crippen molar-refractivity contribution in [3.63, 3.8) is 0 Å². The molecule has 2 unspecified atom stereocenters. The van der Waals surface area contributed by atoms with Gasteiger partial charge in [-0.3, -0.25) is 5.32 Å². The molecular weight excluding hydrogens is 766 g/mol. The van der Waals surface area contributed by atoms with E-state index in [2.05, 4.69) is 10.1 Å². The van der Waals surface area contributed by atoms with Gasteiger partial charge in [-0.25, -0.2) is 14.4 Å². The number of carbonyl (C=O) groups excluding carboxylic acids is 5. The Hall–Kier alpha value is -6.27. The van der Waals surface area contributed by atoms with Gasteiger partial charge < -0.3 is 59.1 Å². The van der Waals surface area contributed by atoms with Crippen molar-refractivity contribution in [1.29, 1.82) is 0 Å². The van der Waals surface area contributed by atoms with E-state index in [0.717, 1.165) is 12.2 Å². The molecule has 3 aromatic carbocycles. The van der Waals surface area contributed by atoms with Gasteiger partial charge in [-0.1, -0.05) is 36.4 Å². The first-order valence-electron chi connectivity index (χ1n) is 15.1. The molecule has 5 N–H and O–H groups in total. The second-order valence-electron chi connectivity index (χ2n) is 10.5. The second kappa shape index (κ2) is 19.5. The lowest BCUT2D eigenvalue weighted by atomic mass is 10.1. The predicted octanol–water partition coefficient (Wildman–Crippen LogP) is 4.22. The number of nitrogens with one attached hydrogen (secondary N) is 1. The van der Waals surface area contributed by atoms with Crippen LogP contribution < -0.4 is 40.6 Å². The highest BCUT2D eigenvalue weighted by molar-refractivity contribution is 8.08. The molecule has 288 valence electrons. The van der Waals surface area contributed by atoms with E-state index in [-0.39, 0.29) is 35.8 Å². The van der Waals surface area contributed by atoms with Crippen molar-refractivity contribution in [3.05, 3.63) is 108 Å². The van der Waals surface area contributed by atoms with Crippen LogP contribution in [0.2, 0.25) is 0 Å². The molecule has 0 heterocycles. The Labute approximate surface area is 309 Å². The molecule has 54 heavy (non-hydrogen) atoms. The van der Waals surface area contributed by atoms with Crippen LogP contribution in [0.4, 0.5) is 33.2 Å². The Morgan fingerprint density at radius 1 is 0.704 bits per heavy atom. The van der Waals surface area contributed by atoms with E-state index in [4.69, 9.17) is 46.3 Å². The Morgan fingerprint density at radius 2 is 1.07 bits per heavy atom. The van der Waals surface area contributed by atoms with Crippen LogP contribution in [0.1, 0.15) is 36.2 Å². The van der Waals surface area contributed by atoms with E-state index in [1.165, 1.54) is 84.9 Å². The van der Waals surface area contributed by atoms with E-state index < -0.39 is 61.9 Å². The van der Waals surface area contributed by atoms with Gasteiger partial charge in [0.05, 0.1) is 11.9 Å². The van der Waals surface area contributed by atoms with Gasteiger partial charge in [0.15, 0.2) is 6.61 Å².